The molecule has 20 heteroatoms. The summed E-state index contributed by atoms with van der Waals surface area (Å²) in [6.07, 6.45) is 8.89. The second-order valence-corrected chi connectivity index (χ2v) is 19.8. The van der Waals surface area contributed by atoms with Gasteiger partial charge in [0.1, 0.15) is 22.9 Å². The number of pyridine rings is 3. The molecule has 7 heterocycles. The molecule has 0 radical (unpaired) electrons. The highest BCUT2D eigenvalue weighted by atomic mass is 35.5. The molecule has 8 aromatic rings. The Balaban J connectivity index is 0.651. The van der Waals surface area contributed by atoms with Crippen LogP contribution in [-0.4, -0.2) is 102 Å². The Kier molecular flexibility index (Phi) is 16.1. The number of halogens is 1. The second-order valence-electron chi connectivity index (χ2n) is 19.4. The van der Waals surface area contributed by atoms with Crippen molar-refractivity contribution in [2.75, 3.05) is 60.5 Å². The number of carbonyl (C=O) groups excluding carboxylic acids is 3. The lowest BCUT2D eigenvalue weighted by Crippen LogP contribution is -2.54. The summed E-state index contributed by atoms with van der Waals surface area (Å²) in [4.78, 5) is 66.7. The van der Waals surface area contributed by atoms with Gasteiger partial charge in [0.25, 0.3) is 11.8 Å². The monoisotopic (exact) mass is 1060 g/mol. The smallest absolute Gasteiger partial charge is 0.274 e. The van der Waals surface area contributed by atoms with Crippen LogP contribution in [0, 0.1) is 31.1 Å². The van der Waals surface area contributed by atoms with Gasteiger partial charge in [-0.05, 0) is 116 Å². The highest BCUT2D eigenvalue weighted by molar-refractivity contribution is 6.36. The van der Waals surface area contributed by atoms with Crippen LogP contribution in [0.5, 0.6) is 0 Å². The number of hydrogen-bond donors (Lipinski definition) is 5. The van der Waals surface area contributed by atoms with Crippen LogP contribution in [0.3, 0.4) is 0 Å². The number of hydrogen-bond acceptors (Lipinski definition) is 15. The molecule has 2 fully saturated rings. The third kappa shape index (κ3) is 12.3. The molecule has 19 nitrogen and oxygen atoms in total. The van der Waals surface area contributed by atoms with Gasteiger partial charge in [0.2, 0.25) is 11.9 Å². The maximum absolute atomic E-state index is 13.4. The zero-order valence-electron chi connectivity index (χ0n) is 43.2. The topological polar surface area (TPSA) is 251 Å². The minimum Gasteiger partial charge on any atom is -0.368 e. The molecule has 0 aliphatic carbocycles. The van der Waals surface area contributed by atoms with E-state index < -0.39 is 0 Å². The molecular weight excluding hydrogens is 1000 g/mol. The molecular formula is C58H57ClN16O3. The molecule has 3 amide bonds. The Bertz CT molecular complexity index is 3530. The first-order valence-corrected chi connectivity index (χ1v) is 26.2. The number of nitrogens with one attached hydrogen (secondary N) is 4. The fourth-order valence-corrected chi connectivity index (χ4v) is 9.88. The van der Waals surface area contributed by atoms with E-state index in [2.05, 4.69) is 67.4 Å². The molecule has 5 aromatic heterocycles. The van der Waals surface area contributed by atoms with E-state index in [1.54, 1.807) is 53.6 Å². The standard InChI is InChI=1S/C58H57ClN16O3/c1-36-40(27-60)10-6-13-44(36)50-26-51(70-58(61)69-50)52-35-75(72-71-52)34-42-11-7-17-53(66-42)74-32-41(33-74)55(76)63-23-22-62-28-38-18-20-48(64-29-38)56(77)67-46-15-8-12-43(37(46)2)45-14-9-16-47(54(45)59)68-57(78)49-21-19-39(30-65-49)31-73-24-4-3-5-25-73/h6-21,26,29-30,35,41,62H,3-5,22-25,28,31-34H2,1-2H3,(H,63,76)(H,67,77)(H,68,78)(H2,61,69,70). The molecule has 2 aliphatic heterocycles. The molecule has 0 unspecified atom stereocenters. The summed E-state index contributed by atoms with van der Waals surface area (Å²) < 4.78 is 1.67. The molecule has 10 rings (SSSR count). The molecule has 2 saturated heterocycles. The molecule has 3 aromatic carbocycles. The average molecular weight is 1060 g/mol. The molecule has 2 aliphatic rings. The van der Waals surface area contributed by atoms with Gasteiger partial charge in [-0.3, -0.25) is 29.3 Å². The summed E-state index contributed by atoms with van der Waals surface area (Å²) in [6.45, 7) is 9.70. The van der Waals surface area contributed by atoms with Gasteiger partial charge in [0.15, 0.2) is 0 Å². The maximum atomic E-state index is 13.4. The largest absolute Gasteiger partial charge is 0.368 e. The van der Waals surface area contributed by atoms with Gasteiger partial charge in [-0.2, -0.15) is 5.26 Å². The van der Waals surface area contributed by atoms with Crippen LogP contribution >= 0.6 is 11.6 Å². The number of nitrogen functional groups attached to an aromatic ring is 1. The van der Waals surface area contributed by atoms with Crippen molar-refractivity contribution < 1.29 is 14.4 Å². The molecule has 6 N–H and O–H groups in total. The van der Waals surface area contributed by atoms with Crippen LogP contribution in [-0.2, 0) is 24.4 Å². The highest BCUT2D eigenvalue weighted by Gasteiger charge is 2.33. The summed E-state index contributed by atoms with van der Waals surface area (Å²) >= 11 is 6.94. The fourth-order valence-electron chi connectivity index (χ4n) is 9.61. The molecule has 78 heavy (non-hydrogen) atoms. The van der Waals surface area contributed by atoms with Crippen molar-refractivity contribution in [3.05, 3.63) is 172 Å². The Morgan fingerprint density at radius 3 is 2.14 bits per heavy atom. The zero-order valence-corrected chi connectivity index (χ0v) is 44.0. The number of rotatable bonds is 18. The molecule has 394 valence electrons. The van der Waals surface area contributed by atoms with Crippen molar-refractivity contribution >= 4 is 52.5 Å². The first-order valence-electron chi connectivity index (χ1n) is 25.8. The van der Waals surface area contributed by atoms with E-state index in [-0.39, 0.29) is 35.3 Å². The van der Waals surface area contributed by atoms with E-state index in [0.29, 0.717) is 89.6 Å². The quantitative estimate of drug-likeness (QED) is 0.0513. The lowest BCUT2D eigenvalue weighted by Gasteiger charge is -2.39. The van der Waals surface area contributed by atoms with Crippen molar-refractivity contribution in [2.45, 2.75) is 52.7 Å². The molecule has 0 spiro atoms. The number of likely N-dealkylation sites (tertiary alicyclic amines) is 1. The number of carbonyl (C=O) groups is 3. The Hall–Kier alpha value is -8.96. The van der Waals surface area contributed by atoms with Crippen LogP contribution in [0.25, 0.3) is 33.8 Å². The van der Waals surface area contributed by atoms with Crippen molar-refractivity contribution in [1.82, 2.24) is 55.4 Å². The van der Waals surface area contributed by atoms with Gasteiger partial charge in [0.05, 0.1) is 58.1 Å². The zero-order chi connectivity index (χ0) is 54.1. The summed E-state index contributed by atoms with van der Waals surface area (Å²) in [5.41, 5.74) is 16.5. The summed E-state index contributed by atoms with van der Waals surface area (Å²) in [7, 11) is 0. The number of nitrogens with two attached hydrogens (primary N) is 1. The van der Waals surface area contributed by atoms with Crippen molar-refractivity contribution in [3.8, 4) is 39.8 Å². The minimum atomic E-state index is -0.365. The number of nitrogens with zero attached hydrogens (tertiary/aromatic N) is 11. The number of amides is 3. The van der Waals surface area contributed by atoms with Gasteiger partial charge < -0.3 is 31.9 Å². The number of aromatic nitrogens is 8. The van der Waals surface area contributed by atoms with Gasteiger partial charge in [-0.15, -0.1) is 5.10 Å². The van der Waals surface area contributed by atoms with Crippen molar-refractivity contribution in [3.63, 3.8) is 0 Å². The number of piperidine rings is 1. The van der Waals surface area contributed by atoms with Crippen molar-refractivity contribution in [1.29, 1.82) is 5.26 Å². The van der Waals surface area contributed by atoms with Crippen LogP contribution in [0.1, 0.15) is 73.8 Å². The summed E-state index contributed by atoms with van der Waals surface area (Å²) in [5, 5.41) is 30.8. The predicted molar refractivity (Wildman–Crippen MR) is 299 cm³/mol. The first-order chi connectivity index (χ1) is 38.0. The summed E-state index contributed by atoms with van der Waals surface area (Å²) in [6, 6.07) is 33.5. The van der Waals surface area contributed by atoms with Crippen LogP contribution in [0.2, 0.25) is 5.02 Å². The Morgan fingerprint density at radius 2 is 1.40 bits per heavy atom. The normalized spacial score (nSPS) is 13.6. The first kappa shape index (κ1) is 52.5. The van der Waals surface area contributed by atoms with Crippen LogP contribution in [0.4, 0.5) is 23.1 Å². The third-order valence-corrected chi connectivity index (χ3v) is 14.4. The van der Waals surface area contributed by atoms with E-state index in [1.165, 1.54) is 19.3 Å². The van der Waals surface area contributed by atoms with Gasteiger partial charge in [0, 0.05) is 68.5 Å². The van der Waals surface area contributed by atoms with Gasteiger partial charge in [-0.25, -0.2) is 19.6 Å². The minimum absolute atomic E-state index is 0.0168. The SMILES string of the molecule is Cc1c(C#N)cccc1-c1cc(-c2cn(Cc3cccc(N4CC(C(=O)NCCNCc5ccc(C(=O)Nc6cccc(-c7cccc(NC(=O)c8ccc(CN9CCCCC9)cn8)c7Cl)c6C)nc5)C4)n3)nn2)nc(N)n1. The Morgan fingerprint density at radius 1 is 0.718 bits per heavy atom. The van der Waals surface area contributed by atoms with E-state index in [9.17, 15) is 19.6 Å². The van der Waals surface area contributed by atoms with Gasteiger partial charge in [-0.1, -0.05) is 77.8 Å². The molecule has 0 bridgehead atoms. The fraction of sp³-hybridized carbons (Fsp3) is 0.259. The van der Waals surface area contributed by atoms with E-state index in [0.717, 1.165) is 64.5 Å². The number of anilines is 4. The van der Waals surface area contributed by atoms with Crippen LogP contribution < -0.4 is 31.9 Å². The lowest BCUT2D eigenvalue weighted by atomic mass is 9.98. The molecule has 0 atom stereocenters. The second kappa shape index (κ2) is 23.9. The van der Waals surface area contributed by atoms with Gasteiger partial charge >= 0.3 is 0 Å². The summed E-state index contributed by atoms with van der Waals surface area (Å²) in [5.74, 6) is -0.0479. The number of nitriles is 1. The Labute approximate surface area is 456 Å². The predicted octanol–water partition coefficient (Wildman–Crippen LogP) is 7.86. The van der Waals surface area contributed by atoms with Crippen LogP contribution in [0.15, 0.2) is 122 Å². The van der Waals surface area contributed by atoms with E-state index in [4.69, 9.17) is 22.3 Å². The lowest BCUT2D eigenvalue weighted by molar-refractivity contribution is -0.125. The maximum Gasteiger partial charge on any atom is 0.274 e. The number of benzene rings is 3. The van der Waals surface area contributed by atoms with E-state index in [1.807, 2.05) is 86.6 Å². The molecule has 0 saturated carbocycles. The van der Waals surface area contributed by atoms with Crippen molar-refractivity contribution in [2.24, 2.45) is 5.92 Å². The third-order valence-electron chi connectivity index (χ3n) is 14.0. The average Bonchev–Trinajstić information content (AvgIpc) is 3.92. The highest BCUT2D eigenvalue weighted by Crippen LogP contribution is 2.38. The van der Waals surface area contributed by atoms with E-state index >= 15 is 0 Å².